The van der Waals surface area contributed by atoms with Crippen LogP contribution in [0.5, 0.6) is 5.75 Å². The number of aliphatic carboxylic acids is 1. The van der Waals surface area contributed by atoms with Gasteiger partial charge in [0.2, 0.25) is 0 Å². The van der Waals surface area contributed by atoms with Crippen LogP contribution in [-0.2, 0) is 9.53 Å². The number of methoxy groups -OCH3 is 1. The first kappa shape index (κ1) is 10.8. The summed E-state index contributed by atoms with van der Waals surface area (Å²) in [6, 6.07) is 7.11. The van der Waals surface area contributed by atoms with Crippen molar-refractivity contribution >= 4 is 11.7 Å². The Kier molecular flexibility index (Phi) is 2.70. The van der Waals surface area contributed by atoms with Crippen molar-refractivity contribution in [3.05, 3.63) is 24.3 Å². The molecular weight excluding hydrogens is 210 g/mol. The first-order chi connectivity index (χ1) is 7.66. The molecule has 0 amide bonds. The van der Waals surface area contributed by atoms with Gasteiger partial charge in [-0.25, -0.2) is 4.79 Å². The summed E-state index contributed by atoms with van der Waals surface area (Å²) >= 11 is 0. The summed E-state index contributed by atoms with van der Waals surface area (Å²) in [6.07, 6.45) is 0. The molecule has 1 fully saturated rings. The summed E-state index contributed by atoms with van der Waals surface area (Å²) in [5, 5.41) is 12.0. The van der Waals surface area contributed by atoms with Crippen molar-refractivity contribution < 1.29 is 19.4 Å². The molecule has 0 saturated carbocycles. The highest BCUT2D eigenvalue weighted by molar-refractivity contribution is 5.84. The number of hydrogen-bond donors (Lipinski definition) is 2. The number of carbonyl (C=O) groups is 1. The van der Waals surface area contributed by atoms with E-state index in [4.69, 9.17) is 14.6 Å². The van der Waals surface area contributed by atoms with Gasteiger partial charge in [0.25, 0.3) is 0 Å². The molecule has 1 aliphatic rings. The number of carboxylic acids is 1. The van der Waals surface area contributed by atoms with Crippen LogP contribution in [0.4, 0.5) is 5.69 Å². The number of carboxylic acid groups (broad SMARTS) is 1. The van der Waals surface area contributed by atoms with E-state index >= 15 is 0 Å². The van der Waals surface area contributed by atoms with Crippen LogP contribution in [-0.4, -0.2) is 36.9 Å². The molecular formula is C11H13NO4. The van der Waals surface area contributed by atoms with Crippen LogP contribution in [0.3, 0.4) is 0 Å². The monoisotopic (exact) mass is 223 g/mol. The van der Waals surface area contributed by atoms with Gasteiger partial charge in [-0.05, 0) is 24.3 Å². The largest absolute Gasteiger partial charge is 0.497 e. The van der Waals surface area contributed by atoms with Crippen molar-refractivity contribution in [2.75, 3.05) is 25.6 Å². The van der Waals surface area contributed by atoms with E-state index in [1.54, 1.807) is 31.4 Å². The third kappa shape index (κ3) is 1.81. The molecule has 2 N–H and O–H groups in total. The summed E-state index contributed by atoms with van der Waals surface area (Å²) in [4.78, 5) is 11.1. The van der Waals surface area contributed by atoms with E-state index in [1.165, 1.54) is 0 Å². The second-order valence-corrected chi connectivity index (χ2v) is 3.73. The van der Waals surface area contributed by atoms with Gasteiger partial charge in [0.1, 0.15) is 5.75 Å². The van der Waals surface area contributed by atoms with Crippen molar-refractivity contribution in [3.8, 4) is 5.75 Å². The second-order valence-electron chi connectivity index (χ2n) is 3.73. The molecule has 5 heteroatoms. The van der Waals surface area contributed by atoms with Crippen molar-refractivity contribution in [2.45, 2.75) is 5.54 Å². The Morgan fingerprint density at radius 1 is 1.44 bits per heavy atom. The predicted octanol–water partition coefficient (Wildman–Crippen LogP) is 0.961. The Labute approximate surface area is 93.0 Å². The molecule has 0 unspecified atom stereocenters. The standard InChI is InChI=1S/C11H13NO4/c1-15-9-4-2-8(3-5-9)12-11(10(13)14)6-16-7-11/h2-5,12H,6-7H2,1H3,(H,13,14). The summed E-state index contributed by atoms with van der Waals surface area (Å²) < 4.78 is 9.97. The van der Waals surface area contributed by atoms with E-state index in [0.717, 1.165) is 11.4 Å². The van der Waals surface area contributed by atoms with Gasteiger partial charge in [-0.2, -0.15) is 0 Å². The van der Waals surface area contributed by atoms with Gasteiger partial charge >= 0.3 is 5.97 Å². The van der Waals surface area contributed by atoms with E-state index in [1.807, 2.05) is 0 Å². The molecule has 0 atom stereocenters. The molecule has 1 heterocycles. The number of hydrogen-bond acceptors (Lipinski definition) is 4. The normalized spacial score (nSPS) is 17.3. The molecule has 1 aliphatic heterocycles. The molecule has 0 aromatic heterocycles. The highest BCUT2D eigenvalue weighted by Crippen LogP contribution is 2.25. The van der Waals surface area contributed by atoms with Crippen LogP contribution in [0.25, 0.3) is 0 Å². The summed E-state index contributed by atoms with van der Waals surface area (Å²) in [6.45, 7) is 0.378. The Morgan fingerprint density at radius 2 is 2.06 bits per heavy atom. The molecule has 1 saturated heterocycles. The predicted molar refractivity (Wildman–Crippen MR) is 57.8 cm³/mol. The number of benzene rings is 1. The molecule has 86 valence electrons. The van der Waals surface area contributed by atoms with E-state index in [2.05, 4.69) is 5.32 Å². The van der Waals surface area contributed by atoms with Crippen molar-refractivity contribution in [1.29, 1.82) is 0 Å². The molecule has 0 radical (unpaired) electrons. The summed E-state index contributed by atoms with van der Waals surface area (Å²) in [5.41, 5.74) is -0.235. The minimum absolute atomic E-state index is 0.189. The van der Waals surface area contributed by atoms with Gasteiger partial charge in [0, 0.05) is 5.69 Å². The molecule has 16 heavy (non-hydrogen) atoms. The third-order valence-corrected chi connectivity index (χ3v) is 2.58. The Hall–Kier alpha value is -1.75. The van der Waals surface area contributed by atoms with Gasteiger partial charge in [0.15, 0.2) is 5.54 Å². The Balaban J connectivity index is 2.10. The fourth-order valence-corrected chi connectivity index (χ4v) is 1.51. The van der Waals surface area contributed by atoms with Gasteiger partial charge in [-0.3, -0.25) is 0 Å². The van der Waals surface area contributed by atoms with Crippen LogP contribution >= 0.6 is 0 Å². The molecule has 0 bridgehead atoms. The van der Waals surface area contributed by atoms with Crippen LogP contribution < -0.4 is 10.1 Å². The maximum Gasteiger partial charge on any atom is 0.334 e. The molecule has 1 aromatic rings. The SMILES string of the molecule is COc1ccc(NC2(C(=O)O)COC2)cc1. The fourth-order valence-electron chi connectivity index (χ4n) is 1.51. The number of ether oxygens (including phenoxy) is 2. The lowest BCUT2D eigenvalue weighted by Gasteiger charge is -2.38. The minimum atomic E-state index is -0.978. The smallest absolute Gasteiger partial charge is 0.334 e. The van der Waals surface area contributed by atoms with Crippen molar-refractivity contribution in [2.24, 2.45) is 0 Å². The van der Waals surface area contributed by atoms with Crippen LogP contribution in [0, 0.1) is 0 Å². The van der Waals surface area contributed by atoms with Gasteiger partial charge < -0.3 is 19.9 Å². The first-order valence-electron chi connectivity index (χ1n) is 4.90. The Morgan fingerprint density at radius 3 is 2.44 bits per heavy atom. The molecule has 5 nitrogen and oxygen atoms in total. The second kappa shape index (κ2) is 4.02. The summed E-state index contributed by atoms with van der Waals surface area (Å²) in [7, 11) is 1.58. The van der Waals surface area contributed by atoms with Gasteiger partial charge in [-0.15, -0.1) is 0 Å². The lowest BCUT2D eigenvalue weighted by Crippen LogP contribution is -2.61. The van der Waals surface area contributed by atoms with Crippen LogP contribution in [0.2, 0.25) is 0 Å². The zero-order chi connectivity index (χ0) is 11.6. The average Bonchev–Trinajstić information content (AvgIpc) is 2.24. The van der Waals surface area contributed by atoms with Crippen LogP contribution in [0.15, 0.2) is 24.3 Å². The molecule has 2 rings (SSSR count). The lowest BCUT2D eigenvalue weighted by molar-refractivity contribution is -0.158. The van der Waals surface area contributed by atoms with Crippen molar-refractivity contribution in [1.82, 2.24) is 0 Å². The molecule has 1 aromatic carbocycles. The molecule has 0 spiro atoms. The van der Waals surface area contributed by atoms with E-state index in [-0.39, 0.29) is 13.2 Å². The maximum absolute atomic E-state index is 11.1. The number of anilines is 1. The lowest BCUT2D eigenvalue weighted by atomic mass is 9.97. The van der Waals surface area contributed by atoms with E-state index in [0.29, 0.717) is 0 Å². The zero-order valence-corrected chi connectivity index (χ0v) is 8.90. The van der Waals surface area contributed by atoms with E-state index < -0.39 is 11.5 Å². The first-order valence-corrected chi connectivity index (χ1v) is 4.90. The maximum atomic E-state index is 11.1. The summed E-state index contributed by atoms with van der Waals surface area (Å²) in [5.74, 6) is -0.158. The van der Waals surface area contributed by atoms with Crippen molar-refractivity contribution in [3.63, 3.8) is 0 Å². The highest BCUT2D eigenvalue weighted by atomic mass is 16.5. The van der Waals surface area contributed by atoms with Crippen LogP contribution in [0.1, 0.15) is 0 Å². The topological polar surface area (TPSA) is 67.8 Å². The zero-order valence-electron chi connectivity index (χ0n) is 8.90. The quantitative estimate of drug-likeness (QED) is 0.795. The van der Waals surface area contributed by atoms with Gasteiger partial charge in [-0.1, -0.05) is 0 Å². The number of rotatable bonds is 4. The molecule has 0 aliphatic carbocycles. The Bertz CT molecular complexity index is 383. The van der Waals surface area contributed by atoms with Gasteiger partial charge in [0.05, 0.1) is 20.3 Å². The third-order valence-electron chi connectivity index (χ3n) is 2.58. The fraction of sp³-hybridized carbons (Fsp3) is 0.364. The number of nitrogens with one attached hydrogen (secondary N) is 1. The highest BCUT2D eigenvalue weighted by Gasteiger charge is 2.46. The average molecular weight is 223 g/mol. The minimum Gasteiger partial charge on any atom is -0.497 e. The van der Waals surface area contributed by atoms with E-state index in [9.17, 15) is 4.79 Å².